The van der Waals surface area contributed by atoms with Gasteiger partial charge in [0.15, 0.2) is 0 Å². The first-order chi connectivity index (χ1) is 7.21. The minimum Gasteiger partial charge on any atom is -0.468 e. The van der Waals surface area contributed by atoms with Gasteiger partial charge in [-0.25, -0.2) is 0 Å². The number of methoxy groups -OCH3 is 2. The van der Waals surface area contributed by atoms with Gasteiger partial charge in [-0.1, -0.05) is 11.8 Å². The Balaban J connectivity index is 2.93. The highest BCUT2D eigenvalue weighted by molar-refractivity contribution is 5.83. The molecule has 2 atom stereocenters. The van der Waals surface area contributed by atoms with Crippen LogP contribution in [0.15, 0.2) is 0 Å². The summed E-state index contributed by atoms with van der Waals surface area (Å²) in [5, 5.41) is 0. The summed E-state index contributed by atoms with van der Waals surface area (Å²) in [6.07, 6.45) is 0.603. The summed E-state index contributed by atoms with van der Waals surface area (Å²) in [5.74, 6) is 5.97. The maximum atomic E-state index is 11.6. The smallest absolute Gasteiger partial charge is 0.315 e. The summed E-state index contributed by atoms with van der Waals surface area (Å²) in [7, 11) is 2.98. The van der Waals surface area contributed by atoms with E-state index in [0.29, 0.717) is 6.42 Å². The standard InChI is InChI=1S/C13H20O3/c1-11(2,3)7-8-13(16-6)9-12(13,4)10(14)15-5/h9H2,1-6H3/t12-,13+/m0/s1. The molecule has 1 rings (SSSR count). The van der Waals surface area contributed by atoms with Crippen LogP contribution >= 0.6 is 0 Å². The molecule has 1 saturated carbocycles. The van der Waals surface area contributed by atoms with Crippen LogP contribution in [0.5, 0.6) is 0 Å². The Labute approximate surface area is 97.5 Å². The van der Waals surface area contributed by atoms with E-state index in [2.05, 4.69) is 11.8 Å². The molecule has 0 unspecified atom stereocenters. The molecule has 3 heteroatoms. The maximum Gasteiger partial charge on any atom is 0.315 e. The largest absolute Gasteiger partial charge is 0.468 e. The van der Waals surface area contributed by atoms with Crippen molar-refractivity contribution in [2.45, 2.75) is 39.7 Å². The van der Waals surface area contributed by atoms with Crippen LogP contribution in [0.3, 0.4) is 0 Å². The molecule has 0 saturated heterocycles. The topological polar surface area (TPSA) is 35.5 Å². The molecule has 1 fully saturated rings. The average molecular weight is 224 g/mol. The predicted molar refractivity (Wildman–Crippen MR) is 61.7 cm³/mol. The van der Waals surface area contributed by atoms with Gasteiger partial charge in [0.1, 0.15) is 11.0 Å². The molecule has 0 aliphatic heterocycles. The Hall–Kier alpha value is -1.01. The minimum atomic E-state index is -0.659. The Morgan fingerprint density at radius 1 is 1.31 bits per heavy atom. The number of hydrogen-bond donors (Lipinski definition) is 0. The van der Waals surface area contributed by atoms with Crippen LogP contribution in [-0.4, -0.2) is 25.8 Å². The fourth-order valence-corrected chi connectivity index (χ4v) is 1.74. The lowest BCUT2D eigenvalue weighted by Crippen LogP contribution is -2.27. The number of hydrogen-bond acceptors (Lipinski definition) is 3. The zero-order chi connectivity index (χ0) is 12.6. The van der Waals surface area contributed by atoms with Gasteiger partial charge in [0.25, 0.3) is 0 Å². The van der Waals surface area contributed by atoms with Crippen LogP contribution in [0.4, 0.5) is 0 Å². The van der Waals surface area contributed by atoms with Gasteiger partial charge >= 0.3 is 5.97 Å². The van der Waals surface area contributed by atoms with Gasteiger partial charge < -0.3 is 9.47 Å². The Bertz CT molecular complexity index is 356. The molecule has 0 heterocycles. The van der Waals surface area contributed by atoms with Crippen LogP contribution < -0.4 is 0 Å². The molecule has 1 aliphatic carbocycles. The van der Waals surface area contributed by atoms with Crippen LogP contribution in [0.2, 0.25) is 0 Å². The monoisotopic (exact) mass is 224 g/mol. The Kier molecular flexibility index (Phi) is 3.08. The number of esters is 1. The molecule has 0 amide bonds. The van der Waals surface area contributed by atoms with Crippen molar-refractivity contribution in [3.8, 4) is 11.8 Å². The molecule has 0 bridgehead atoms. The normalized spacial score (nSPS) is 32.6. The SMILES string of the molecule is COC(=O)[C@]1(C)C[C@@]1(C#CC(C)(C)C)OC. The Morgan fingerprint density at radius 3 is 2.25 bits per heavy atom. The number of ether oxygens (including phenoxy) is 2. The molecular formula is C13H20O3. The van der Waals surface area contributed by atoms with E-state index in [1.54, 1.807) is 7.11 Å². The summed E-state index contributed by atoms with van der Waals surface area (Å²) in [4.78, 5) is 11.6. The highest BCUT2D eigenvalue weighted by atomic mass is 16.5. The van der Waals surface area contributed by atoms with Gasteiger partial charge in [0.05, 0.1) is 7.11 Å². The third-order valence-electron chi connectivity index (χ3n) is 2.99. The lowest BCUT2D eigenvalue weighted by molar-refractivity contribution is -0.148. The zero-order valence-electron chi connectivity index (χ0n) is 10.9. The fourth-order valence-electron chi connectivity index (χ4n) is 1.74. The van der Waals surface area contributed by atoms with Gasteiger partial charge in [-0.3, -0.25) is 4.79 Å². The van der Waals surface area contributed by atoms with E-state index in [4.69, 9.17) is 9.47 Å². The van der Waals surface area contributed by atoms with Crippen LogP contribution in [0.25, 0.3) is 0 Å². The summed E-state index contributed by atoms with van der Waals surface area (Å²) in [5.41, 5.74) is -1.37. The van der Waals surface area contributed by atoms with E-state index in [0.717, 1.165) is 0 Å². The predicted octanol–water partition coefficient (Wildman–Crippen LogP) is 2.00. The van der Waals surface area contributed by atoms with Gasteiger partial charge in [-0.05, 0) is 27.7 Å². The van der Waals surface area contributed by atoms with E-state index < -0.39 is 11.0 Å². The zero-order valence-corrected chi connectivity index (χ0v) is 10.9. The molecule has 0 radical (unpaired) electrons. The first-order valence-corrected chi connectivity index (χ1v) is 5.39. The second-order valence-corrected chi connectivity index (χ2v) is 5.53. The third-order valence-corrected chi connectivity index (χ3v) is 2.99. The summed E-state index contributed by atoms with van der Waals surface area (Å²) in [6, 6.07) is 0. The van der Waals surface area contributed by atoms with E-state index in [-0.39, 0.29) is 11.4 Å². The lowest BCUT2D eigenvalue weighted by atomic mass is 9.96. The summed E-state index contributed by atoms with van der Waals surface area (Å²) >= 11 is 0. The molecule has 1 aliphatic rings. The van der Waals surface area contributed by atoms with Crippen molar-refractivity contribution in [1.82, 2.24) is 0 Å². The van der Waals surface area contributed by atoms with Gasteiger partial charge in [-0.2, -0.15) is 0 Å². The minimum absolute atomic E-state index is 0.0921. The van der Waals surface area contributed by atoms with Crippen LogP contribution in [-0.2, 0) is 14.3 Å². The van der Waals surface area contributed by atoms with E-state index in [1.807, 2.05) is 27.7 Å². The molecule has 0 aromatic heterocycles. The van der Waals surface area contributed by atoms with Gasteiger partial charge in [-0.15, -0.1) is 0 Å². The third kappa shape index (κ3) is 2.08. The summed E-state index contributed by atoms with van der Waals surface area (Å²) in [6.45, 7) is 7.92. The van der Waals surface area contributed by atoms with E-state index in [1.165, 1.54) is 7.11 Å². The molecule has 90 valence electrons. The number of carbonyl (C=O) groups is 1. The maximum absolute atomic E-state index is 11.6. The summed E-state index contributed by atoms with van der Waals surface area (Å²) < 4.78 is 10.2. The second-order valence-electron chi connectivity index (χ2n) is 5.53. The average Bonchev–Trinajstić information content (AvgIpc) is 2.81. The van der Waals surface area contributed by atoms with Crippen molar-refractivity contribution in [2.75, 3.05) is 14.2 Å². The molecular weight excluding hydrogens is 204 g/mol. The van der Waals surface area contributed by atoms with Gasteiger partial charge in [0.2, 0.25) is 0 Å². The van der Waals surface area contributed by atoms with Crippen LogP contribution in [0, 0.1) is 22.7 Å². The lowest BCUT2D eigenvalue weighted by Gasteiger charge is -2.15. The molecule has 0 aromatic carbocycles. The highest BCUT2D eigenvalue weighted by Crippen LogP contribution is 2.58. The van der Waals surface area contributed by atoms with Gasteiger partial charge in [0, 0.05) is 18.9 Å². The molecule has 3 nitrogen and oxygen atoms in total. The van der Waals surface area contributed by atoms with Crippen molar-refractivity contribution < 1.29 is 14.3 Å². The quantitative estimate of drug-likeness (QED) is 0.531. The van der Waals surface area contributed by atoms with E-state index in [9.17, 15) is 4.79 Å². The van der Waals surface area contributed by atoms with Crippen molar-refractivity contribution >= 4 is 5.97 Å². The van der Waals surface area contributed by atoms with Crippen molar-refractivity contribution in [1.29, 1.82) is 0 Å². The van der Waals surface area contributed by atoms with Crippen molar-refractivity contribution in [3.05, 3.63) is 0 Å². The molecule has 0 N–H and O–H groups in total. The number of carbonyl (C=O) groups excluding carboxylic acids is 1. The Morgan fingerprint density at radius 2 is 1.88 bits per heavy atom. The number of rotatable bonds is 2. The fraction of sp³-hybridized carbons (Fsp3) is 0.769. The molecule has 0 aromatic rings. The first-order valence-electron chi connectivity index (χ1n) is 5.39. The molecule has 0 spiro atoms. The van der Waals surface area contributed by atoms with Crippen molar-refractivity contribution in [2.24, 2.45) is 10.8 Å². The van der Waals surface area contributed by atoms with Crippen molar-refractivity contribution in [3.63, 3.8) is 0 Å². The van der Waals surface area contributed by atoms with Crippen LogP contribution in [0.1, 0.15) is 34.1 Å². The first kappa shape index (κ1) is 13.1. The molecule has 16 heavy (non-hydrogen) atoms. The highest BCUT2D eigenvalue weighted by Gasteiger charge is 2.70. The van der Waals surface area contributed by atoms with E-state index >= 15 is 0 Å². The second kappa shape index (κ2) is 3.78.